The summed E-state index contributed by atoms with van der Waals surface area (Å²) in [7, 11) is -3.70. The van der Waals surface area contributed by atoms with Crippen molar-refractivity contribution in [2.75, 3.05) is 24.7 Å². The summed E-state index contributed by atoms with van der Waals surface area (Å²) in [6.45, 7) is 3.64. The SMILES string of the molecule is CS(=O)(=O)c1cc(NCc2ccccc2CN2CCCCCC2)ccc1[N+](=O)[O-]. The second-order valence-corrected chi connectivity index (χ2v) is 9.51. The van der Waals surface area contributed by atoms with Gasteiger partial charge in [-0.05, 0) is 49.2 Å². The van der Waals surface area contributed by atoms with Gasteiger partial charge in [0.25, 0.3) is 5.69 Å². The first-order valence-electron chi connectivity index (χ1n) is 9.86. The number of anilines is 1. The van der Waals surface area contributed by atoms with Gasteiger partial charge in [-0.3, -0.25) is 15.0 Å². The third-order valence-electron chi connectivity index (χ3n) is 5.25. The van der Waals surface area contributed by atoms with E-state index in [9.17, 15) is 18.5 Å². The van der Waals surface area contributed by atoms with Gasteiger partial charge in [-0.25, -0.2) is 8.42 Å². The molecule has 3 rings (SSSR count). The van der Waals surface area contributed by atoms with Crippen LogP contribution in [-0.2, 0) is 22.9 Å². The number of rotatable bonds is 7. The normalized spacial score (nSPS) is 15.6. The molecule has 0 unspecified atom stereocenters. The van der Waals surface area contributed by atoms with E-state index in [4.69, 9.17) is 0 Å². The highest BCUT2D eigenvalue weighted by Gasteiger charge is 2.22. The Morgan fingerprint density at radius 3 is 2.31 bits per heavy atom. The molecule has 1 fully saturated rings. The van der Waals surface area contributed by atoms with Crippen LogP contribution >= 0.6 is 0 Å². The number of sulfone groups is 1. The van der Waals surface area contributed by atoms with Gasteiger partial charge in [-0.15, -0.1) is 0 Å². The molecule has 29 heavy (non-hydrogen) atoms. The predicted molar refractivity (Wildman–Crippen MR) is 114 cm³/mol. The summed E-state index contributed by atoms with van der Waals surface area (Å²) in [5, 5.41) is 14.4. The van der Waals surface area contributed by atoms with Crippen molar-refractivity contribution in [2.24, 2.45) is 0 Å². The molecule has 0 spiro atoms. The third-order valence-corrected chi connectivity index (χ3v) is 6.38. The van der Waals surface area contributed by atoms with Crippen LogP contribution < -0.4 is 5.32 Å². The maximum absolute atomic E-state index is 12.0. The van der Waals surface area contributed by atoms with Crippen molar-refractivity contribution in [3.63, 3.8) is 0 Å². The number of nitro benzene ring substituents is 1. The van der Waals surface area contributed by atoms with Crippen molar-refractivity contribution < 1.29 is 13.3 Å². The number of hydrogen-bond donors (Lipinski definition) is 1. The number of nitro groups is 1. The highest BCUT2D eigenvalue weighted by Crippen LogP contribution is 2.27. The van der Waals surface area contributed by atoms with E-state index in [1.807, 2.05) is 12.1 Å². The highest BCUT2D eigenvalue weighted by atomic mass is 32.2. The lowest BCUT2D eigenvalue weighted by molar-refractivity contribution is -0.387. The molecule has 8 heteroatoms. The average Bonchev–Trinajstić information content (AvgIpc) is 2.95. The van der Waals surface area contributed by atoms with E-state index < -0.39 is 20.4 Å². The van der Waals surface area contributed by atoms with Crippen molar-refractivity contribution in [1.29, 1.82) is 0 Å². The minimum absolute atomic E-state index is 0.273. The Kier molecular flexibility index (Phi) is 6.87. The van der Waals surface area contributed by atoms with E-state index in [1.165, 1.54) is 43.4 Å². The van der Waals surface area contributed by atoms with Crippen LogP contribution in [-0.4, -0.2) is 37.6 Å². The predicted octanol–water partition coefficient (Wildman–Crippen LogP) is 3.99. The monoisotopic (exact) mass is 417 g/mol. The summed E-state index contributed by atoms with van der Waals surface area (Å²) in [6, 6.07) is 12.3. The smallest absolute Gasteiger partial charge is 0.288 e. The second-order valence-electron chi connectivity index (χ2n) is 7.52. The van der Waals surface area contributed by atoms with Crippen molar-refractivity contribution in [3.05, 3.63) is 63.7 Å². The summed E-state index contributed by atoms with van der Waals surface area (Å²) in [5.41, 5.74) is 2.52. The second kappa shape index (κ2) is 9.37. The first-order valence-corrected chi connectivity index (χ1v) is 11.8. The van der Waals surface area contributed by atoms with E-state index >= 15 is 0 Å². The fraction of sp³-hybridized carbons (Fsp3) is 0.429. The van der Waals surface area contributed by atoms with Crippen LogP contribution in [0.25, 0.3) is 0 Å². The quantitative estimate of drug-likeness (QED) is 0.541. The molecule has 1 saturated heterocycles. The van der Waals surface area contributed by atoms with Gasteiger partial charge in [0.05, 0.1) is 4.92 Å². The van der Waals surface area contributed by atoms with E-state index in [0.717, 1.165) is 31.5 Å². The van der Waals surface area contributed by atoms with Gasteiger partial charge < -0.3 is 5.32 Å². The van der Waals surface area contributed by atoms with Crippen LogP contribution in [0.2, 0.25) is 0 Å². The molecule has 156 valence electrons. The summed E-state index contributed by atoms with van der Waals surface area (Å²) in [5.74, 6) is 0. The summed E-state index contributed by atoms with van der Waals surface area (Å²) < 4.78 is 23.9. The molecule has 0 aliphatic carbocycles. The highest BCUT2D eigenvalue weighted by molar-refractivity contribution is 7.90. The first kappa shape index (κ1) is 21.3. The molecule has 0 aromatic heterocycles. The molecule has 0 radical (unpaired) electrons. The van der Waals surface area contributed by atoms with Crippen LogP contribution in [0.15, 0.2) is 47.4 Å². The molecule has 7 nitrogen and oxygen atoms in total. The number of likely N-dealkylation sites (tertiary alicyclic amines) is 1. The van der Waals surface area contributed by atoms with Crippen molar-refractivity contribution in [2.45, 2.75) is 43.7 Å². The van der Waals surface area contributed by atoms with Crippen LogP contribution in [0.4, 0.5) is 11.4 Å². The number of hydrogen-bond acceptors (Lipinski definition) is 6. The molecule has 0 amide bonds. The van der Waals surface area contributed by atoms with Gasteiger partial charge in [-0.2, -0.15) is 0 Å². The van der Waals surface area contributed by atoms with Gasteiger partial charge >= 0.3 is 0 Å². The van der Waals surface area contributed by atoms with E-state index in [-0.39, 0.29) is 4.90 Å². The van der Waals surface area contributed by atoms with Gasteiger partial charge in [-0.1, -0.05) is 37.1 Å². The van der Waals surface area contributed by atoms with Crippen LogP contribution in [0.5, 0.6) is 0 Å². The topological polar surface area (TPSA) is 92.6 Å². The van der Waals surface area contributed by atoms with Crippen LogP contribution in [0, 0.1) is 10.1 Å². The lowest BCUT2D eigenvalue weighted by Crippen LogP contribution is -2.24. The molecule has 0 saturated carbocycles. The average molecular weight is 418 g/mol. The number of benzene rings is 2. The van der Waals surface area contributed by atoms with Gasteiger partial charge in [0.2, 0.25) is 0 Å². The molecule has 1 aliphatic heterocycles. The summed E-state index contributed by atoms with van der Waals surface area (Å²) >= 11 is 0. The Morgan fingerprint density at radius 1 is 1.03 bits per heavy atom. The zero-order valence-corrected chi connectivity index (χ0v) is 17.5. The molecule has 1 heterocycles. The molecule has 0 atom stereocenters. The Balaban J connectivity index is 1.76. The van der Waals surface area contributed by atoms with E-state index in [1.54, 1.807) is 6.07 Å². The van der Waals surface area contributed by atoms with Crippen molar-refractivity contribution in [1.82, 2.24) is 4.90 Å². The Bertz CT molecular complexity index is 968. The van der Waals surface area contributed by atoms with Crippen molar-refractivity contribution >= 4 is 21.2 Å². The van der Waals surface area contributed by atoms with Crippen molar-refractivity contribution in [3.8, 4) is 0 Å². The maximum Gasteiger partial charge on any atom is 0.288 e. The Hall–Kier alpha value is -2.45. The fourth-order valence-corrected chi connectivity index (χ4v) is 4.55. The van der Waals surface area contributed by atoms with Gasteiger partial charge in [0.15, 0.2) is 9.84 Å². The summed E-state index contributed by atoms with van der Waals surface area (Å²) in [6.07, 6.45) is 6.04. The van der Waals surface area contributed by atoms with E-state index in [2.05, 4.69) is 22.3 Å². The van der Waals surface area contributed by atoms with Gasteiger partial charge in [0, 0.05) is 31.1 Å². The minimum Gasteiger partial charge on any atom is -0.381 e. The standard InChI is InChI=1S/C21H27N3O4S/c1-29(27,28)21-14-19(10-11-20(21)24(25)26)22-15-17-8-4-5-9-18(17)16-23-12-6-2-3-7-13-23/h4-5,8-11,14,22H,2-3,6-7,12-13,15-16H2,1H3. The molecule has 2 aromatic carbocycles. The minimum atomic E-state index is -3.70. The maximum atomic E-state index is 12.0. The van der Waals surface area contributed by atoms with Crippen LogP contribution in [0.3, 0.4) is 0 Å². The number of nitrogens with zero attached hydrogens (tertiary/aromatic N) is 2. The van der Waals surface area contributed by atoms with Gasteiger partial charge in [0.1, 0.15) is 4.90 Å². The largest absolute Gasteiger partial charge is 0.381 e. The molecule has 2 aromatic rings. The molecule has 0 bridgehead atoms. The molecular formula is C21H27N3O4S. The first-order chi connectivity index (χ1) is 13.8. The zero-order valence-electron chi connectivity index (χ0n) is 16.6. The zero-order chi connectivity index (χ0) is 20.9. The summed E-state index contributed by atoms with van der Waals surface area (Å²) in [4.78, 5) is 12.7. The lowest BCUT2D eigenvalue weighted by atomic mass is 10.1. The Labute approximate surface area is 171 Å². The fourth-order valence-electron chi connectivity index (χ4n) is 3.69. The molecular weight excluding hydrogens is 390 g/mol. The third kappa shape index (κ3) is 5.77. The lowest BCUT2D eigenvalue weighted by Gasteiger charge is -2.22. The molecule has 1 N–H and O–H groups in total. The Morgan fingerprint density at radius 2 is 1.69 bits per heavy atom. The van der Waals surface area contributed by atoms with Crippen LogP contribution in [0.1, 0.15) is 36.8 Å². The number of nitrogens with one attached hydrogen (secondary N) is 1. The molecule has 1 aliphatic rings. The van der Waals surface area contributed by atoms with E-state index in [0.29, 0.717) is 12.2 Å².